The third kappa shape index (κ3) is 1.19. The number of aromatic nitrogens is 2. The molecule has 1 heterocycles. The number of hydrogen-bond donors (Lipinski definition) is 0. The number of hydrogen-bond acceptors (Lipinski definition) is 1. The molecule has 0 saturated carbocycles. The second-order valence-corrected chi connectivity index (χ2v) is 2.02. The highest BCUT2D eigenvalue weighted by molar-refractivity contribution is 5.08. The van der Waals surface area contributed by atoms with Crippen molar-refractivity contribution < 1.29 is 0 Å². The van der Waals surface area contributed by atoms with Crippen LogP contribution in [0, 0.1) is 12.3 Å². The highest BCUT2D eigenvalue weighted by Gasteiger charge is 1.95. The van der Waals surface area contributed by atoms with Gasteiger partial charge in [-0.2, -0.15) is 5.10 Å². The predicted octanol–water partition coefficient (Wildman–Crippen LogP) is 1.08. The minimum atomic E-state index is 0.674. The van der Waals surface area contributed by atoms with Crippen molar-refractivity contribution in [3.63, 3.8) is 0 Å². The molecule has 0 aliphatic heterocycles. The molecular formula is C8H10N2. The summed E-state index contributed by atoms with van der Waals surface area (Å²) in [6.07, 6.45) is 7.60. The monoisotopic (exact) mass is 134 g/mol. The molecule has 52 valence electrons. The van der Waals surface area contributed by atoms with Crippen molar-refractivity contribution >= 4 is 0 Å². The second kappa shape index (κ2) is 3.07. The minimum absolute atomic E-state index is 0.674. The highest BCUT2D eigenvalue weighted by atomic mass is 15.3. The summed E-state index contributed by atoms with van der Waals surface area (Å²) in [7, 11) is 0. The third-order valence-corrected chi connectivity index (χ3v) is 1.39. The smallest absolute Gasteiger partial charge is 0.0508 e. The van der Waals surface area contributed by atoms with Gasteiger partial charge in [-0.3, -0.25) is 4.68 Å². The first-order valence-electron chi connectivity index (χ1n) is 3.32. The van der Waals surface area contributed by atoms with Crippen LogP contribution in [0.5, 0.6) is 0 Å². The van der Waals surface area contributed by atoms with Crippen LogP contribution in [0.1, 0.15) is 12.6 Å². The Kier molecular flexibility index (Phi) is 2.11. The van der Waals surface area contributed by atoms with Gasteiger partial charge < -0.3 is 0 Å². The summed E-state index contributed by atoms with van der Waals surface area (Å²) in [4.78, 5) is 0. The van der Waals surface area contributed by atoms with Crippen molar-refractivity contribution in [2.75, 3.05) is 0 Å². The minimum Gasteiger partial charge on any atom is -0.269 e. The van der Waals surface area contributed by atoms with Gasteiger partial charge in [-0.25, -0.2) is 0 Å². The molecule has 0 aliphatic rings. The molecule has 0 aromatic carbocycles. The number of terminal acetylenes is 1. The largest absolute Gasteiger partial charge is 0.269 e. The van der Waals surface area contributed by atoms with Crippen molar-refractivity contribution in [2.45, 2.75) is 19.9 Å². The highest BCUT2D eigenvalue weighted by Crippen LogP contribution is 1.97. The molecule has 2 nitrogen and oxygen atoms in total. The third-order valence-electron chi connectivity index (χ3n) is 1.39. The van der Waals surface area contributed by atoms with Crippen LogP contribution in [0.25, 0.3) is 0 Å². The average Bonchev–Trinajstić information content (AvgIpc) is 2.36. The van der Waals surface area contributed by atoms with E-state index >= 15 is 0 Å². The average molecular weight is 134 g/mol. The van der Waals surface area contributed by atoms with Gasteiger partial charge in [-0.05, 0) is 13.0 Å². The maximum Gasteiger partial charge on any atom is 0.0508 e. The van der Waals surface area contributed by atoms with Crippen molar-refractivity contribution in [3.8, 4) is 12.3 Å². The number of rotatable bonds is 2. The van der Waals surface area contributed by atoms with E-state index in [1.54, 1.807) is 6.20 Å². The lowest BCUT2D eigenvalue weighted by Crippen LogP contribution is -2.00. The lowest BCUT2D eigenvalue weighted by atomic mass is 10.3. The van der Waals surface area contributed by atoms with Gasteiger partial charge in [-0.15, -0.1) is 12.3 Å². The first-order valence-corrected chi connectivity index (χ1v) is 3.32. The van der Waals surface area contributed by atoms with Gasteiger partial charge in [0.1, 0.15) is 0 Å². The zero-order valence-electron chi connectivity index (χ0n) is 6.04. The molecular weight excluding hydrogens is 124 g/mol. The van der Waals surface area contributed by atoms with E-state index in [-0.39, 0.29) is 0 Å². The summed E-state index contributed by atoms with van der Waals surface area (Å²) in [5.74, 6) is 2.58. The van der Waals surface area contributed by atoms with Gasteiger partial charge in [0.25, 0.3) is 0 Å². The molecule has 2 heteroatoms. The van der Waals surface area contributed by atoms with E-state index in [4.69, 9.17) is 6.42 Å². The Balaban J connectivity index is 2.82. The summed E-state index contributed by atoms with van der Waals surface area (Å²) in [5.41, 5.74) is 1.12. The van der Waals surface area contributed by atoms with Gasteiger partial charge in [-0.1, -0.05) is 0 Å². The predicted molar refractivity (Wildman–Crippen MR) is 40.4 cm³/mol. The van der Waals surface area contributed by atoms with E-state index in [1.807, 2.05) is 17.7 Å². The summed E-state index contributed by atoms with van der Waals surface area (Å²) < 4.78 is 1.90. The van der Waals surface area contributed by atoms with E-state index in [1.165, 1.54) is 0 Å². The normalized spacial score (nSPS) is 9.20. The van der Waals surface area contributed by atoms with Crippen LogP contribution in [0.3, 0.4) is 0 Å². The molecule has 0 aliphatic carbocycles. The van der Waals surface area contributed by atoms with Gasteiger partial charge in [0, 0.05) is 12.7 Å². The fourth-order valence-electron chi connectivity index (χ4n) is 0.900. The molecule has 0 fully saturated rings. The molecule has 0 spiro atoms. The zero-order valence-corrected chi connectivity index (χ0v) is 6.04. The lowest BCUT2D eigenvalue weighted by Gasteiger charge is -1.98. The lowest BCUT2D eigenvalue weighted by molar-refractivity contribution is 0.633. The molecule has 1 aromatic rings. The molecule has 1 aromatic heterocycles. The Bertz CT molecular complexity index is 242. The molecule has 10 heavy (non-hydrogen) atoms. The molecule has 0 bridgehead atoms. The van der Waals surface area contributed by atoms with Gasteiger partial charge in [0.15, 0.2) is 0 Å². The van der Waals surface area contributed by atoms with Gasteiger partial charge in [0.2, 0.25) is 0 Å². The first-order chi connectivity index (χ1) is 4.88. The van der Waals surface area contributed by atoms with Crippen LogP contribution < -0.4 is 0 Å². The zero-order chi connectivity index (χ0) is 7.40. The van der Waals surface area contributed by atoms with Crippen LogP contribution in [-0.2, 0) is 13.0 Å². The standard InChI is InChI=1S/C8H10N2/c1-3-5-8-6-7-9-10(8)4-2/h1,6-7H,4-5H2,2H3. The summed E-state index contributed by atoms with van der Waals surface area (Å²) in [5, 5.41) is 4.07. The SMILES string of the molecule is C#CCc1ccnn1CC. The molecule has 0 amide bonds. The van der Waals surface area contributed by atoms with E-state index < -0.39 is 0 Å². The molecule has 0 unspecified atom stereocenters. The maximum atomic E-state index is 5.15. The van der Waals surface area contributed by atoms with Gasteiger partial charge >= 0.3 is 0 Å². The quantitative estimate of drug-likeness (QED) is 0.553. The molecule has 0 saturated heterocycles. The van der Waals surface area contributed by atoms with Crippen LogP contribution >= 0.6 is 0 Å². The van der Waals surface area contributed by atoms with Crippen molar-refractivity contribution in [3.05, 3.63) is 18.0 Å². The number of aryl methyl sites for hydroxylation is 1. The maximum absolute atomic E-state index is 5.15. The van der Waals surface area contributed by atoms with Crippen LogP contribution in [0.4, 0.5) is 0 Å². The first kappa shape index (κ1) is 6.88. The molecule has 0 atom stereocenters. The van der Waals surface area contributed by atoms with E-state index in [2.05, 4.69) is 11.0 Å². The Morgan fingerprint density at radius 1 is 1.80 bits per heavy atom. The van der Waals surface area contributed by atoms with Crippen molar-refractivity contribution in [1.82, 2.24) is 9.78 Å². The van der Waals surface area contributed by atoms with Crippen molar-refractivity contribution in [1.29, 1.82) is 0 Å². The van der Waals surface area contributed by atoms with Crippen molar-refractivity contribution in [2.24, 2.45) is 0 Å². The Hall–Kier alpha value is -1.23. The van der Waals surface area contributed by atoms with Crippen LogP contribution in [-0.4, -0.2) is 9.78 Å². The summed E-state index contributed by atoms with van der Waals surface area (Å²) in [6, 6.07) is 1.95. The fourth-order valence-corrected chi connectivity index (χ4v) is 0.900. The van der Waals surface area contributed by atoms with Crippen LogP contribution in [0.15, 0.2) is 12.3 Å². The Morgan fingerprint density at radius 3 is 3.20 bits per heavy atom. The molecule has 0 radical (unpaired) electrons. The van der Waals surface area contributed by atoms with E-state index in [9.17, 15) is 0 Å². The summed E-state index contributed by atoms with van der Waals surface area (Å²) in [6.45, 7) is 2.94. The van der Waals surface area contributed by atoms with Gasteiger partial charge in [0.05, 0.1) is 12.1 Å². The van der Waals surface area contributed by atoms with E-state index in [0.717, 1.165) is 12.2 Å². The molecule has 0 N–H and O–H groups in total. The van der Waals surface area contributed by atoms with Crippen LogP contribution in [0.2, 0.25) is 0 Å². The summed E-state index contributed by atoms with van der Waals surface area (Å²) >= 11 is 0. The van der Waals surface area contributed by atoms with E-state index in [0.29, 0.717) is 6.42 Å². The Morgan fingerprint density at radius 2 is 2.60 bits per heavy atom. The second-order valence-electron chi connectivity index (χ2n) is 2.02. The molecule has 1 rings (SSSR count). The Labute approximate surface area is 60.9 Å². The topological polar surface area (TPSA) is 17.8 Å². The fraction of sp³-hybridized carbons (Fsp3) is 0.375. The number of nitrogens with zero attached hydrogens (tertiary/aromatic N) is 2.